The minimum absolute atomic E-state index is 0.171. The normalized spacial score (nSPS) is 10.3. The lowest BCUT2D eigenvalue weighted by Gasteiger charge is -2.13. The van der Waals surface area contributed by atoms with E-state index in [1.807, 2.05) is 19.9 Å². The van der Waals surface area contributed by atoms with Gasteiger partial charge in [-0.05, 0) is 50.2 Å². The Labute approximate surface area is 170 Å². The van der Waals surface area contributed by atoms with Crippen LogP contribution in [0.3, 0.4) is 0 Å². The van der Waals surface area contributed by atoms with E-state index in [0.717, 1.165) is 0 Å². The number of benzene rings is 3. The Morgan fingerprint density at radius 3 is 2.03 bits per heavy atom. The van der Waals surface area contributed by atoms with Crippen LogP contribution in [0, 0.1) is 0 Å². The number of ketones is 1. The van der Waals surface area contributed by atoms with E-state index in [-0.39, 0.29) is 11.7 Å². The maximum atomic E-state index is 13.0. The van der Waals surface area contributed by atoms with E-state index in [4.69, 9.17) is 9.47 Å². The smallest absolute Gasteiger partial charge is 0.255 e. The SMILES string of the molecule is CCOc1ccc(C(=O)Nc2cc(OCC)ccc2C(=O)c2ccccc2)cc1. The first-order valence-electron chi connectivity index (χ1n) is 9.53. The van der Waals surface area contributed by atoms with Gasteiger partial charge in [0, 0.05) is 22.8 Å². The minimum Gasteiger partial charge on any atom is -0.494 e. The second-order valence-electron chi connectivity index (χ2n) is 6.25. The lowest BCUT2D eigenvalue weighted by molar-refractivity contribution is 0.102. The predicted octanol–water partition coefficient (Wildman–Crippen LogP) is 4.97. The molecule has 0 bridgehead atoms. The van der Waals surface area contributed by atoms with Crippen LogP contribution < -0.4 is 14.8 Å². The Kier molecular flexibility index (Phi) is 6.63. The van der Waals surface area contributed by atoms with Crippen molar-refractivity contribution >= 4 is 17.4 Å². The van der Waals surface area contributed by atoms with E-state index in [1.165, 1.54) is 0 Å². The summed E-state index contributed by atoms with van der Waals surface area (Å²) in [5, 5.41) is 2.85. The van der Waals surface area contributed by atoms with Gasteiger partial charge in [-0.1, -0.05) is 30.3 Å². The van der Waals surface area contributed by atoms with Crippen LogP contribution in [0.4, 0.5) is 5.69 Å². The molecule has 148 valence electrons. The fourth-order valence-corrected chi connectivity index (χ4v) is 2.89. The first-order chi connectivity index (χ1) is 14.1. The van der Waals surface area contributed by atoms with Gasteiger partial charge in [-0.2, -0.15) is 0 Å². The van der Waals surface area contributed by atoms with Crippen molar-refractivity contribution in [1.29, 1.82) is 0 Å². The van der Waals surface area contributed by atoms with Gasteiger partial charge in [0.1, 0.15) is 11.5 Å². The van der Waals surface area contributed by atoms with Gasteiger partial charge in [0.25, 0.3) is 5.91 Å². The van der Waals surface area contributed by atoms with E-state index >= 15 is 0 Å². The lowest BCUT2D eigenvalue weighted by atomic mass is 10.0. The van der Waals surface area contributed by atoms with Crippen LogP contribution in [0.25, 0.3) is 0 Å². The summed E-state index contributed by atoms with van der Waals surface area (Å²) in [6.07, 6.45) is 0. The standard InChI is InChI=1S/C24H23NO4/c1-3-28-19-12-10-18(11-13-19)24(27)25-22-16-20(29-4-2)14-15-21(22)23(26)17-8-6-5-7-9-17/h5-16H,3-4H2,1-2H3,(H,25,27). The van der Waals surface area contributed by atoms with Gasteiger partial charge in [0.05, 0.1) is 18.9 Å². The molecule has 0 heterocycles. The number of hydrogen-bond donors (Lipinski definition) is 1. The summed E-state index contributed by atoms with van der Waals surface area (Å²) in [5.41, 5.74) is 1.82. The van der Waals surface area contributed by atoms with Crippen molar-refractivity contribution in [2.45, 2.75) is 13.8 Å². The van der Waals surface area contributed by atoms with Crippen LogP contribution in [0.5, 0.6) is 11.5 Å². The van der Waals surface area contributed by atoms with Gasteiger partial charge < -0.3 is 14.8 Å². The molecule has 29 heavy (non-hydrogen) atoms. The predicted molar refractivity (Wildman–Crippen MR) is 113 cm³/mol. The number of carbonyl (C=O) groups excluding carboxylic acids is 2. The Morgan fingerprint density at radius 2 is 1.38 bits per heavy atom. The van der Waals surface area contributed by atoms with Crippen LogP contribution >= 0.6 is 0 Å². The molecule has 0 fully saturated rings. The summed E-state index contributed by atoms with van der Waals surface area (Å²) in [6, 6.07) is 20.9. The quantitative estimate of drug-likeness (QED) is 0.553. The molecule has 0 unspecified atom stereocenters. The fraction of sp³-hybridized carbons (Fsp3) is 0.167. The van der Waals surface area contributed by atoms with Crippen LogP contribution in [0.2, 0.25) is 0 Å². The van der Waals surface area contributed by atoms with Gasteiger partial charge >= 0.3 is 0 Å². The molecule has 0 atom stereocenters. The molecule has 0 aliphatic carbocycles. The number of nitrogens with one attached hydrogen (secondary N) is 1. The molecule has 0 radical (unpaired) electrons. The molecular formula is C24H23NO4. The molecule has 0 saturated heterocycles. The van der Waals surface area contributed by atoms with Crippen LogP contribution in [0.15, 0.2) is 72.8 Å². The highest BCUT2D eigenvalue weighted by molar-refractivity contribution is 6.15. The zero-order valence-electron chi connectivity index (χ0n) is 16.5. The van der Waals surface area contributed by atoms with Gasteiger partial charge in [-0.25, -0.2) is 0 Å². The molecule has 5 nitrogen and oxygen atoms in total. The maximum Gasteiger partial charge on any atom is 0.255 e. The average Bonchev–Trinajstić information content (AvgIpc) is 2.75. The number of hydrogen-bond acceptors (Lipinski definition) is 4. The summed E-state index contributed by atoms with van der Waals surface area (Å²) < 4.78 is 10.9. The summed E-state index contributed by atoms with van der Waals surface area (Å²) in [7, 11) is 0. The zero-order valence-corrected chi connectivity index (χ0v) is 16.5. The number of ether oxygens (including phenoxy) is 2. The number of amides is 1. The van der Waals surface area contributed by atoms with E-state index < -0.39 is 0 Å². The van der Waals surface area contributed by atoms with Gasteiger partial charge in [-0.3, -0.25) is 9.59 Å². The molecule has 0 aliphatic rings. The van der Waals surface area contributed by atoms with Crippen LogP contribution in [-0.4, -0.2) is 24.9 Å². The molecule has 5 heteroatoms. The maximum absolute atomic E-state index is 13.0. The third kappa shape index (κ3) is 5.02. The first kappa shape index (κ1) is 20.1. The Morgan fingerprint density at radius 1 is 0.759 bits per heavy atom. The van der Waals surface area contributed by atoms with Gasteiger partial charge in [-0.15, -0.1) is 0 Å². The Balaban J connectivity index is 1.90. The van der Waals surface area contributed by atoms with Crippen molar-refractivity contribution in [2.24, 2.45) is 0 Å². The number of anilines is 1. The van der Waals surface area contributed by atoms with Crippen molar-refractivity contribution < 1.29 is 19.1 Å². The fourth-order valence-electron chi connectivity index (χ4n) is 2.89. The van der Waals surface area contributed by atoms with E-state index in [9.17, 15) is 9.59 Å². The lowest BCUT2D eigenvalue weighted by Crippen LogP contribution is -2.15. The van der Waals surface area contributed by atoms with E-state index in [1.54, 1.807) is 66.7 Å². The summed E-state index contributed by atoms with van der Waals surface area (Å²) in [6.45, 7) is 4.82. The highest BCUT2D eigenvalue weighted by atomic mass is 16.5. The highest BCUT2D eigenvalue weighted by Gasteiger charge is 2.17. The molecule has 3 aromatic rings. The van der Waals surface area contributed by atoms with Crippen molar-refractivity contribution in [3.05, 3.63) is 89.5 Å². The monoisotopic (exact) mass is 389 g/mol. The van der Waals surface area contributed by atoms with Gasteiger partial charge in [0.2, 0.25) is 0 Å². The third-order valence-electron chi connectivity index (χ3n) is 4.26. The number of carbonyl (C=O) groups is 2. The largest absolute Gasteiger partial charge is 0.494 e. The van der Waals surface area contributed by atoms with Crippen molar-refractivity contribution in [3.63, 3.8) is 0 Å². The van der Waals surface area contributed by atoms with Crippen molar-refractivity contribution in [2.75, 3.05) is 18.5 Å². The van der Waals surface area contributed by atoms with Crippen molar-refractivity contribution in [3.8, 4) is 11.5 Å². The summed E-state index contributed by atoms with van der Waals surface area (Å²) in [5.74, 6) is 0.792. The number of rotatable bonds is 8. The van der Waals surface area contributed by atoms with Crippen LogP contribution in [0.1, 0.15) is 40.1 Å². The molecule has 3 aromatic carbocycles. The molecule has 0 aromatic heterocycles. The van der Waals surface area contributed by atoms with Crippen LogP contribution in [-0.2, 0) is 0 Å². The second-order valence-corrected chi connectivity index (χ2v) is 6.25. The second kappa shape index (κ2) is 9.55. The highest BCUT2D eigenvalue weighted by Crippen LogP contribution is 2.26. The summed E-state index contributed by atoms with van der Waals surface area (Å²) in [4.78, 5) is 25.7. The van der Waals surface area contributed by atoms with E-state index in [2.05, 4.69) is 5.32 Å². The Hall–Kier alpha value is -3.60. The molecule has 0 saturated carbocycles. The average molecular weight is 389 g/mol. The third-order valence-corrected chi connectivity index (χ3v) is 4.26. The molecule has 0 spiro atoms. The molecule has 1 N–H and O–H groups in total. The molecule has 1 amide bonds. The molecule has 0 aliphatic heterocycles. The topological polar surface area (TPSA) is 64.6 Å². The zero-order chi connectivity index (χ0) is 20.6. The first-order valence-corrected chi connectivity index (χ1v) is 9.53. The molecule has 3 rings (SSSR count). The van der Waals surface area contributed by atoms with E-state index in [0.29, 0.717) is 47.1 Å². The minimum atomic E-state index is -0.316. The Bertz CT molecular complexity index is 982. The van der Waals surface area contributed by atoms with Crippen molar-refractivity contribution in [1.82, 2.24) is 0 Å². The summed E-state index contributed by atoms with van der Waals surface area (Å²) >= 11 is 0. The van der Waals surface area contributed by atoms with Gasteiger partial charge in [0.15, 0.2) is 5.78 Å². The molecular weight excluding hydrogens is 366 g/mol.